The van der Waals surface area contributed by atoms with Crippen molar-refractivity contribution in [2.75, 3.05) is 24.5 Å². The van der Waals surface area contributed by atoms with Crippen LogP contribution in [-0.2, 0) is 0 Å². The summed E-state index contributed by atoms with van der Waals surface area (Å²) < 4.78 is 0. The number of anilines is 1. The van der Waals surface area contributed by atoms with Gasteiger partial charge in [0.15, 0.2) is 0 Å². The van der Waals surface area contributed by atoms with Crippen LogP contribution in [0.15, 0.2) is 30.0 Å². The molecule has 4 nitrogen and oxygen atoms in total. The standard InChI is InChI=1S/C18H25N3O/c22-18(20-12-10-15-7-2-1-3-8-15)16-9-6-11-19-17(16)21-13-4-5-14-21/h6-7,9,11H,1-5,8,10,12-14H2,(H,20,22). The molecule has 0 radical (unpaired) electrons. The molecule has 3 rings (SSSR count). The van der Waals surface area contributed by atoms with E-state index in [4.69, 9.17) is 0 Å². The predicted molar refractivity (Wildman–Crippen MR) is 89.2 cm³/mol. The second kappa shape index (κ2) is 7.43. The van der Waals surface area contributed by atoms with Crippen LogP contribution in [0.4, 0.5) is 5.82 Å². The average molecular weight is 299 g/mol. The van der Waals surface area contributed by atoms with Gasteiger partial charge in [-0.3, -0.25) is 4.79 Å². The molecule has 0 saturated carbocycles. The molecule has 0 unspecified atom stereocenters. The number of carbonyl (C=O) groups excluding carboxylic acids is 1. The van der Waals surface area contributed by atoms with Crippen LogP contribution < -0.4 is 10.2 Å². The van der Waals surface area contributed by atoms with E-state index in [0.717, 1.165) is 31.9 Å². The highest BCUT2D eigenvalue weighted by Crippen LogP contribution is 2.22. The number of carbonyl (C=O) groups is 1. The number of hydrogen-bond acceptors (Lipinski definition) is 3. The molecule has 118 valence electrons. The highest BCUT2D eigenvalue weighted by Gasteiger charge is 2.20. The van der Waals surface area contributed by atoms with Gasteiger partial charge in [-0.05, 0) is 57.1 Å². The van der Waals surface area contributed by atoms with Crippen LogP contribution in [0.25, 0.3) is 0 Å². The Kier molecular flexibility index (Phi) is 5.09. The fourth-order valence-electron chi connectivity index (χ4n) is 3.32. The molecular formula is C18H25N3O. The van der Waals surface area contributed by atoms with Crippen LogP contribution in [-0.4, -0.2) is 30.5 Å². The van der Waals surface area contributed by atoms with E-state index in [2.05, 4.69) is 21.3 Å². The molecule has 0 spiro atoms. The maximum absolute atomic E-state index is 12.5. The molecule has 0 bridgehead atoms. The van der Waals surface area contributed by atoms with Crippen LogP contribution in [0.1, 0.15) is 55.3 Å². The Labute approximate surface area is 132 Å². The van der Waals surface area contributed by atoms with Crippen molar-refractivity contribution in [2.24, 2.45) is 0 Å². The minimum atomic E-state index is 0.00593. The summed E-state index contributed by atoms with van der Waals surface area (Å²) in [6.45, 7) is 2.73. The van der Waals surface area contributed by atoms with E-state index in [0.29, 0.717) is 5.56 Å². The Morgan fingerprint density at radius 1 is 1.23 bits per heavy atom. The summed E-state index contributed by atoms with van der Waals surface area (Å²) in [7, 11) is 0. The van der Waals surface area contributed by atoms with Gasteiger partial charge in [0.05, 0.1) is 5.56 Å². The van der Waals surface area contributed by atoms with Crippen molar-refractivity contribution >= 4 is 11.7 Å². The summed E-state index contributed by atoms with van der Waals surface area (Å²) in [5.41, 5.74) is 2.21. The average Bonchev–Trinajstić information content (AvgIpc) is 3.10. The van der Waals surface area contributed by atoms with Crippen molar-refractivity contribution in [3.63, 3.8) is 0 Å². The molecular weight excluding hydrogens is 274 g/mol. The fraction of sp³-hybridized carbons (Fsp3) is 0.556. The lowest BCUT2D eigenvalue weighted by Crippen LogP contribution is -2.29. The second-order valence-electron chi connectivity index (χ2n) is 6.18. The van der Waals surface area contributed by atoms with Crippen molar-refractivity contribution in [3.05, 3.63) is 35.5 Å². The smallest absolute Gasteiger partial charge is 0.255 e. The van der Waals surface area contributed by atoms with Gasteiger partial charge in [-0.25, -0.2) is 4.98 Å². The zero-order valence-corrected chi connectivity index (χ0v) is 13.2. The third-order valence-corrected chi connectivity index (χ3v) is 4.55. The van der Waals surface area contributed by atoms with Crippen LogP contribution in [0.3, 0.4) is 0 Å². The predicted octanol–water partition coefficient (Wildman–Crippen LogP) is 3.30. The summed E-state index contributed by atoms with van der Waals surface area (Å²) in [5, 5.41) is 3.06. The van der Waals surface area contributed by atoms with Gasteiger partial charge in [-0.1, -0.05) is 11.6 Å². The monoisotopic (exact) mass is 299 g/mol. The third kappa shape index (κ3) is 3.67. The number of pyridine rings is 1. The van der Waals surface area contributed by atoms with Gasteiger partial charge >= 0.3 is 0 Å². The Hall–Kier alpha value is -1.84. The van der Waals surface area contributed by atoms with E-state index in [-0.39, 0.29) is 5.91 Å². The third-order valence-electron chi connectivity index (χ3n) is 4.55. The van der Waals surface area contributed by atoms with Gasteiger partial charge < -0.3 is 10.2 Å². The molecule has 1 aliphatic carbocycles. The number of nitrogens with zero attached hydrogens (tertiary/aromatic N) is 2. The molecule has 22 heavy (non-hydrogen) atoms. The normalized spacial score (nSPS) is 18.2. The van der Waals surface area contributed by atoms with E-state index in [1.54, 1.807) is 6.20 Å². The number of amides is 1. The second-order valence-corrected chi connectivity index (χ2v) is 6.18. The van der Waals surface area contributed by atoms with Gasteiger partial charge in [0.25, 0.3) is 5.91 Å². The molecule has 1 fully saturated rings. The molecule has 2 heterocycles. The number of rotatable bonds is 5. The van der Waals surface area contributed by atoms with Gasteiger partial charge in [-0.15, -0.1) is 0 Å². The molecule has 1 aromatic heterocycles. The summed E-state index contributed by atoms with van der Waals surface area (Å²) in [6, 6.07) is 3.73. The van der Waals surface area contributed by atoms with Crippen LogP contribution in [0.2, 0.25) is 0 Å². The Balaban J connectivity index is 1.58. The van der Waals surface area contributed by atoms with Gasteiger partial charge in [0, 0.05) is 25.8 Å². The summed E-state index contributed by atoms with van der Waals surface area (Å²) in [5.74, 6) is 0.848. The summed E-state index contributed by atoms with van der Waals surface area (Å²) >= 11 is 0. The fourth-order valence-corrected chi connectivity index (χ4v) is 3.32. The zero-order valence-electron chi connectivity index (χ0n) is 13.2. The Morgan fingerprint density at radius 3 is 2.86 bits per heavy atom. The van der Waals surface area contributed by atoms with E-state index >= 15 is 0 Å². The number of allylic oxidation sites excluding steroid dienone is 1. The van der Waals surface area contributed by atoms with Crippen molar-refractivity contribution in [2.45, 2.75) is 44.9 Å². The van der Waals surface area contributed by atoms with Crippen molar-refractivity contribution in [3.8, 4) is 0 Å². The Morgan fingerprint density at radius 2 is 2.09 bits per heavy atom. The molecule has 4 heteroatoms. The van der Waals surface area contributed by atoms with Gasteiger partial charge in [-0.2, -0.15) is 0 Å². The minimum Gasteiger partial charge on any atom is -0.356 e. The largest absolute Gasteiger partial charge is 0.356 e. The van der Waals surface area contributed by atoms with E-state index in [9.17, 15) is 4.79 Å². The van der Waals surface area contributed by atoms with Gasteiger partial charge in [0.2, 0.25) is 0 Å². The highest BCUT2D eigenvalue weighted by atomic mass is 16.1. The van der Waals surface area contributed by atoms with Crippen molar-refractivity contribution in [1.29, 1.82) is 0 Å². The maximum atomic E-state index is 12.5. The van der Waals surface area contributed by atoms with Crippen molar-refractivity contribution < 1.29 is 4.79 Å². The number of nitrogens with one attached hydrogen (secondary N) is 1. The molecule has 1 N–H and O–H groups in total. The first-order valence-corrected chi connectivity index (χ1v) is 8.50. The number of hydrogen-bond donors (Lipinski definition) is 1. The van der Waals surface area contributed by atoms with E-state index in [1.807, 2.05) is 12.1 Å². The molecule has 1 aliphatic heterocycles. The van der Waals surface area contributed by atoms with E-state index < -0.39 is 0 Å². The molecule has 1 aromatic rings. The number of aromatic nitrogens is 1. The quantitative estimate of drug-likeness (QED) is 0.849. The Bertz CT molecular complexity index is 547. The van der Waals surface area contributed by atoms with E-state index in [1.165, 1.54) is 44.1 Å². The molecule has 1 saturated heterocycles. The zero-order chi connectivity index (χ0) is 15.2. The SMILES string of the molecule is O=C(NCCC1=CCCCC1)c1cccnc1N1CCCC1. The molecule has 0 atom stereocenters. The first-order chi connectivity index (χ1) is 10.8. The van der Waals surface area contributed by atoms with Gasteiger partial charge in [0.1, 0.15) is 5.82 Å². The van der Waals surface area contributed by atoms with Crippen LogP contribution >= 0.6 is 0 Å². The van der Waals surface area contributed by atoms with Crippen LogP contribution in [0.5, 0.6) is 0 Å². The summed E-state index contributed by atoms with van der Waals surface area (Å²) in [6.07, 6.45) is 12.5. The first kappa shape index (κ1) is 15.1. The van der Waals surface area contributed by atoms with Crippen molar-refractivity contribution in [1.82, 2.24) is 10.3 Å². The lowest BCUT2D eigenvalue weighted by molar-refractivity contribution is 0.0954. The lowest BCUT2D eigenvalue weighted by atomic mass is 9.97. The first-order valence-electron chi connectivity index (χ1n) is 8.50. The minimum absolute atomic E-state index is 0.00593. The molecule has 2 aliphatic rings. The highest BCUT2D eigenvalue weighted by molar-refractivity contribution is 5.98. The summed E-state index contributed by atoms with van der Waals surface area (Å²) in [4.78, 5) is 19.1. The van der Waals surface area contributed by atoms with Crippen LogP contribution in [0, 0.1) is 0 Å². The molecule has 1 amide bonds. The topological polar surface area (TPSA) is 45.2 Å². The lowest BCUT2D eigenvalue weighted by Gasteiger charge is -2.19. The molecule has 0 aromatic carbocycles. The maximum Gasteiger partial charge on any atom is 0.255 e.